The SMILES string of the molecule is CC1(c2ccc(F)c(F)c2)NC(=O)N(Cc2csc(-c3ccco3)n2)C1=O. The highest BCUT2D eigenvalue weighted by molar-refractivity contribution is 7.13. The lowest BCUT2D eigenvalue weighted by molar-refractivity contribution is -0.131. The highest BCUT2D eigenvalue weighted by Gasteiger charge is 2.49. The van der Waals surface area contributed by atoms with Gasteiger partial charge in [-0.05, 0) is 36.8 Å². The van der Waals surface area contributed by atoms with Gasteiger partial charge < -0.3 is 9.73 Å². The molecule has 3 amide bonds. The number of benzene rings is 1. The summed E-state index contributed by atoms with van der Waals surface area (Å²) in [7, 11) is 0. The number of imide groups is 1. The second-order valence-electron chi connectivity index (χ2n) is 6.20. The van der Waals surface area contributed by atoms with E-state index in [1.165, 1.54) is 30.6 Å². The number of halogens is 2. The summed E-state index contributed by atoms with van der Waals surface area (Å²) >= 11 is 1.33. The number of thiazole rings is 1. The van der Waals surface area contributed by atoms with Gasteiger partial charge in [0.25, 0.3) is 5.91 Å². The molecule has 0 bridgehead atoms. The largest absolute Gasteiger partial charge is 0.462 e. The summed E-state index contributed by atoms with van der Waals surface area (Å²) in [4.78, 5) is 30.6. The molecule has 27 heavy (non-hydrogen) atoms. The molecule has 138 valence electrons. The van der Waals surface area contributed by atoms with Crippen LogP contribution in [0.2, 0.25) is 0 Å². The van der Waals surface area contributed by atoms with Gasteiger partial charge in [0.2, 0.25) is 0 Å². The highest BCUT2D eigenvalue weighted by Crippen LogP contribution is 2.31. The van der Waals surface area contributed by atoms with Gasteiger partial charge in [0, 0.05) is 5.38 Å². The van der Waals surface area contributed by atoms with Crippen LogP contribution in [0.1, 0.15) is 18.2 Å². The number of carbonyl (C=O) groups is 2. The van der Waals surface area contributed by atoms with Crippen LogP contribution in [0.15, 0.2) is 46.4 Å². The molecule has 1 saturated heterocycles. The Morgan fingerprint density at radius 2 is 2.07 bits per heavy atom. The third-order valence-corrected chi connectivity index (χ3v) is 5.28. The summed E-state index contributed by atoms with van der Waals surface area (Å²) in [5, 5.41) is 4.91. The van der Waals surface area contributed by atoms with Crippen molar-refractivity contribution in [2.24, 2.45) is 0 Å². The summed E-state index contributed by atoms with van der Waals surface area (Å²) in [5.74, 6) is -2.08. The van der Waals surface area contributed by atoms with E-state index >= 15 is 0 Å². The van der Waals surface area contributed by atoms with Gasteiger partial charge in [0.15, 0.2) is 22.4 Å². The van der Waals surface area contributed by atoms with E-state index in [0.717, 1.165) is 17.0 Å². The molecule has 9 heteroatoms. The molecule has 0 spiro atoms. The Hall–Kier alpha value is -3.07. The van der Waals surface area contributed by atoms with Gasteiger partial charge in [-0.15, -0.1) is 11.3 Å². The van der Waals surface area contributed by atoms with E-state index in [1.54, 1.807) is 17.5 Å². The minimum Gasteiger partial charge on any atom is -0.462 e. The van der Waals surface area contributed by atoms with Gasteiger partial charge in [-0.3, -0.25) is 9.69 Å². The maximum absolute atomic E-state index is 13.6. The average molecular weight is 389 g/mol. The predicted octanol–water partition coefficient (Wildman–Crippen LogP) is 3.65. The number of nitrogens with zero attached hydrogens (tertiary/aromatic N) is 2. The molecule has 0 aliphatic carbocycles. The molecular formula is C18H13F2N3O3S. The molecule has 1 aliphatic rings. The smallest absolute Gasteiger partial charge is 0.325 e. The van der Waals surface area contributed by atoms with E-state index in [-0.39, 0.29) is 12.1 Å². The van der Waals surface area contributed by atoms with E-state index in [2.05, 4.69) is 10.3 Å². The first-order valence-electron chi connectivity index (χ1n) is 7.96. The van der Waals surface area contributed by atoms with E-state index in [0.29, 0.717) is 16.5 Å². The first-order chi connectivity index (χ1) is 12.9. The third-order valence-electron chi connectivity index (χ3n) is 4.38. The van der Waals surface area contributed by atoms with E-state index in [4.69, 9.17) is 4.42 Å². The van der Waals surface area contributed by atoms with Crippen LogP contribution in [0, 0.1) is 11.6 Å². The molecule has 1 unspecified atom stereocenters. The number of furan rings is 1. The quantitative estimate of drug-likeness (QED) is 0.691. The molecule has 1 fully saturated rings. The fourth-order valence-electron chi connectivity index (χ4n) is 2.90. The van der Waals surface area contributed by atoms with Gasteiger partial charge in [-0.2, -0.15) is 0 Å². The minimum absolute atomic E-state index is 0.0405. The van der Waals surface area contributed by atoms with Gasteiger partial charge in [0.1, 0.15) is 5.54 Å². The molecule has 3 heterocycles. The number of carbonyl (C=O) groups excluding carboxylic acids is 2. The Kier molecular flexibility index (Phi) is 4.03. The van der Waals surface area contributed by atoms with E-state index in [1.807, 2.05) is 0 Å². The fraction of sp³-hybridized carbons (Fsp3) is 0.167. The Balaban J connectivity index is 1.59. The summed E-state index contributed by atoms with van der Waals surface area (Å²) in [5.41, 5.74) is -0.799. The molecule has 1 aliphatic heterocycles. The summed E-state index contributed by atoms with van der Waals surface area (Å²) in [6.07, 6.45) is 1.53. The van der Waals surface area contributed by atoms with Crippen molar-refractivity contribution >= 4 is 23.3 Å². The average Bonchev–Trinajstić information content (AvgIpc) is 3.35. The molecular weight excluding hydrogens is 376 g/mol. The van der Waals surface area contributed by atoms with Crippen molar-refractivity contribution < 1.29 is 22.8 Å². The lowest BCUT2D eigenvalue weighted by Gasteiger charge is -2.22. The highest BCUT2D eigenvalue weighted by atomic mass is 32.1. The number of aromatic nitrogens is 1. The summed E-state index contributed by atoms with van der Waals surface area (Å²) in [6.45, 7) is 1.41. The normalized spacial score (nSPS) is 19.6. The molecule has 6 nitrogen and oxygen atoms in total. The van der Waals surface area contributed by atoms with Crippen molar-refractivity contribution in [1.82, 2.24) is 15.2 Å². The zero-order valence-electron chi connectivity index (χ0n) is 14.0. The van der Waals surface area contributed by atoms with Crippen molar-refractivity contribution in [2.45, 2.75) is 19.0 Å². The topological polar surface area (TPSA) is 75.4 Å². The Morgan fingerprint density at radius 1 is 1.26 bits per heavy atom. The number of hydrogen-bond donors (Lipinski definition) is 1. The lowest BCUT2D eigenvalue weighted by Crippen LogP contribution is -2.41. The van der Waals surface area contributed by atoms with E-state index in [9.17, 15) is 18.4 Å². The molecule has 1 N–H and O–H groups in total. The molecule has 1 aromatic carbocycles. The molecule has 4 rings (SSSR count). The van der Waals surface area contributed by atoms with Crippen LogP contribution in [0.5, 0.6) is 0 Å². The van der Waals surface area contributed by atoms with Gasteiger partial charge >= 0.3 is 6.03 Å². The number of urea groups is 1. The fourth-order valence-corrected chi connectivity index (χ4v) is 3.68. The monoisotopic (exact) mass is 389 g/mol. The van der Waals surface area contributed by atoms with Crippen LogP contribution < -0.4 is 5.32 Å². The number of amides is 3. The van der Waals surface area contributed by atoms with Crippen LogP contribution in [0.25, 0.3) is 10.8 Å². The van der Waals surface area contributed by atoms with Crippen molar-refractivity contribution in [2.75, 3.05) is 0 Å². The van der Waals surface area contributed by atoms with Crippen LogP contribution >= 0.6 is 11.3 Å². The molecule has 3 aromatic rings. The van der Waals surface area contributed by atoms with Crippen molar-refractivity contribution in [1.29, 1.82) is 0 Å². The van der Waals surface area contributed by atoms with E-state index < -0.39 is 29.1 Å². The van der Waals surface area contributed by atoms with Gasteiger partial charge in [-0.25, -0.2) is 18.6 Å². The van der Waals surface area contributed by atoms with Crippen LogP contribution in [-0.4, -0.2) is 21.8 Å². The second kappa shape index (κ2) is 6.27. The van der Waals surface area contributed by atoms with Crippen molar-refractivity contribution in [3.05, 3.63) is 64.9 Å². The van der Waals surface area contributed by atoms with Crippen LogP contribution in [-0.2, 0) is 16.9 Å². The Morgan fingerprint density at radius 3 is 2.78 bits per heavy atom. The molecule has 0 saturated carbocycles. The number of rotatable bonds is 4. The van der Waals surface area contributed by atoms with Crippen LogP contribution in [0.4, 0.5) is 13.6 Å². The molecule has 1 atom stereocenters. The van der Waals surface area contributed by atoms with Crippen molar-refractivity contribution in [3.63, 3.8) is 0 Å². The zero-order valence-corrected chi connectivity index (χ0v) is 14.8. The molecule has 2 aromatic heterocycles. The summed E-state index contributed by atoms with van der Waals surface area (Å²) in [6, 6.07) is 5.98. The lowest BCUT2D eigenvalue weighted by atomic mass is 9.92. The molecule has 0 radical (unpaired) electrons. The van der Waals surface area contributed by atoms with Gasteiger partial charge in [0.05, 0.1) is 18.5 Å². The summed E-state index contributed by atoms with van der Waals surface area (Å²) < 4.78 is 32.1. The standard InChI is InChI=1S/C18H13F2N3O3S/c1-18(10-4-5-12(19)13(20)7-10)16(24)23(17(25)22-18)8-11-9-27-15(21-11)14-3-2-6-26-14/h2-7,9H,8H2,1H3,(H,22,25). The second-order valence-corrected chi connectivity index (χ2v) is 7.05. The minimum atomic E-state index is -1.48. The van der Waals surface area contributed by atoms with Crippen molar-refractivity contribution in [3.8, 4) is 10.8 Å². The first kappa shape index (κ1) is 17.3. The predicted molar refractivity (Wildman–Crippen MR) is 92.6 cm³/mol. The maximum Gasteiger partial charge on any atom is 0.325 e. The Bertz CT molecular complexity index is 1030. The van der Waals surface area contributed by atoms with Gasteiger partial charge in [-0.1, -0.05) is 6.07 Å². The first-order valence-corrected chi connectivity index (χ1v) is 8.84. The maximum atomic E-state index is 13.6. The van der Waals surface area contributed by atoms with Crippen LogP contribution in [0.3, 0.4) is 0 Å². The number of nitrogens with one attached hydrogen (secondary N) is 1. The number of hydrogen-bond acceptors (Lipinski definition) is 5. The zero-order chi connectivity index (χ0) is 19.2. The Labute approximate surface area is 156 Å². The third kappa shape index (κ3) is 2.89.